The van der Waals surface area contributed by atoms with Gasteiger partial charge >= 0.3 is 0 Å². The van der Waals surface area contributed by atoms with E-state index in [1.54, 1.807) is 24.9 Å². The van der Waals surface area contributed by atoms with Crippen molar-refractivity contribution in [1.29, 1.82) is 0 Å². The molecule has 0 aromatic heterocycles. The van der Waals surface area contributed by atoms with E-state index in [1.807, 2.05) is 4.90 Å². The number of amides is 2. The van der Waals surface area contributed by atoms with Crippen LogP contribution in [0.25, 0.3) is 0 Å². The molecule has 0 spiro atoms. The van der Waals surface area contributed by atoms with Gasteiger partial charge in [0, 0.05) is 25.7 Å². The Hall–Kier alpha value is -2.34. The van der Waals surface area contributed by atoms with E-state index in [1.165, 1.54) is 28.7 Å². The Morgan fingerprint density at radius 3 is 2.52 bits per heavy atom. The minimum atomic E-state index is -0.436. The van der Waals surface area contributed by atoms with Gasteiger partial charge < -0.3 is 9.80 Å². The van der Waals surface area contributed by atoms with Gasteiger partial charge in [0.15, 0.2) is 0 Å². The maximum absolute atomic E-state index is 13.4. The third kappa shape index (κ3) is 4.99. The Morgan fingerprint density at radius 1 is 1.21 bits per heavy atom. The normalized spacial score (nSPS) is 16.9. The summed E-state index contributed by atoms with van der Waals surface area (Å²) in [4.78, 5) is 28.3. The zero-order chi connectivity index (χ0) is 21.2. The third-order valence-corrected chi connectivity index (χ3v) is 6.38. The molecule has 1 aliphatic rings. The van der Waals surface area contributed by atoms with Gasteiger partial charge in [-0.05, 0) is 34.7 Å². The molecule has 1 unspecified atom stereocenters. The number of carbonyl (C=O) groups excluding carboxylic acids is 2. The van der Waals surface area contributed by atoms with Crippen LogP contribution in [0.4, 0.5) is 4.39 Å². The first-order chi connectivity index (χ1) is 13.7. The molecule has 154 valence electrons. The summed E-state index contributed by atoms with van der Waals surface area (Å²) in [7, 11) is 1.67. The molecule has 0 radical (unpaired) electrons. The number of carbonyl (C=O) groups is 2. The van der Waals surface area contributed by atoms with Gasteiger partial charge in [-0.15, -0.1) is 11.8 Å². The fourth-order valence-electron chi connectivity index (χ4n) is 3.32. The highest BCUT2D eigenvalue weighted by atomic mass is 32.2. The lowest BCUT2D eigenvalue weighted by Crippen LogP contribution is -2.38. The lowest BCUT2D eigenvalue weighted by molar-refractivity contribution is -0.128. The minimum absolute atomic E-state index is 0.0470. The van der Waals surface area contributed by atoms with E-state index in [9.17, 15) is 14.0 Å². The fourth-order valence-corrected chi connectivity index (χ4v) is 4.54. The lowest BCUT2D eigenvalue weighted by Gasteiger charge is -2.27. The summed E-state index contributed by atoms with van der Waals surface area (Å²) in [6, 6.07) is 14.1. The Balaban J connectivity index is 1.67. The number of nitrogens with zero attached hydrogens (tertiary/aromatic N) is 2. The van der Waals surface area contributed by atoms with Gasteiger partial charge in [0.2, 0.25) is 5.91 Å². The van der Waals surface area contributed by atoms with Crippen molar-refractivity contribution in [2.45, 2.75) is 31.6 Å². The zero-order valence-electron chi connectivity index (χ0n) is 17.3. The number of hydrogen-bond acceptors (Lipinski definition) is 3. The summed E-state index contributed by atoms with van der Waals surface area (Å²) in [5.41, 5.74) is 2.73. The Morgan fingerprint density at radius 2 is 1.90 bits per heavy atom. The predicted octanol–water partition coefficient (Wildman–Crippen LogP) is 4.47. The molecule has 1 heterocycles. The van der Waals surface area contributed by atoms with E-state index in [2.05, 4.69) is 45.0 Å². The number of likely N-dealkylation sites (N-methyl/N-ethyl adjacent to an activating group) is 1. The number of rotatable bonds is 5. The highest BCUT2D eigenvalue weighted by molar-refractivity contribution is 8.00. The maximum atomic E-state index is 13.4. The van der Waals surface area contributed by atoms with E-state index in [0.717, 1.165) is 5.56 Å². The van der Waals surface area contributed by atoms with Crippen LogP contribution in [0.2, 0.25) is 0 Å². The molecule has 1 atom stereocenters. The van der Waals surface area contributed by atoms with Gasteiger partial charge in [0.05, 0.1) is 5.75 Å². The molecule has 0 bridgehead atoms. The van der Waals surface area contributed by atoms with E-state index < -0.39 is 5.82 Å². The summed E-state index contributed by atoms with van der Waals surface area (Å²) in [6.07, 6.45) is 0. The maximum Gasteiger partial charge on any atom is 0.253 e. The van der Waals surface area contributed by atoms with Crippen LogP contribution < -0.4 is 0 Å². The molecule has 4 nitrogen and oxygen atoms in total. The van der Waals surface area contributed by atoms with Crippen molar-refractivity contribution >= 4 is 23.6 Å². The van der Waals surface area contributed by atoms with Crippen molar-refractivity contribution in [3.63, 3.8) is 0 Å². The molecule has 1 fully saturated rings. The van der Waals surface area contributed by atoms with Crippen LogP contribution in [0.1, 0.15) is 47.6 Å². The smallest absolute Gasteiger partial charge is 0.253 e. The van der Waals surface area contributed by atoms with Gasteiger partial charge in [0.1, 0.15) is 11.2 Å². The first-order valence-electron chi connectivity index (χ1n) is 9.69. The SMILES string of the molecule is CN(CCN1C(=O)CSC1c1ccc(C(C)(C)C)cc1)C(=O)c1cccc(F)c1. The van der Waals surface area contributed by atoms with Crippen molar-refractivity contribution in [2.24, 2.45) is 0 Å². The first-order valence-corrected chi connectivity index (χ1v) is 10.7. The van der Waals surface area contributed by atoms with Crippen LogP contribution in [0.5, 0.6) is 0 Å². The van der Waals surface area contributed by atoms with Gasteiger partial charge in [-0.25, -0.2) is 4.39 Å². The van der Waals surface area contributed by atoms with Crippen LogP contribution in [0, 0.1) is 5.82 Å². The largest absolute Gasteiger partial charge is 0.340 e. The standard InChI is InChI=1S/C23H27FN2O2S/c1-23(2,3)18-10-8-16(9-11-18)22-26(20(27)15-29-22)13-12-25(4)21(28)17-6-5-7-19(24)14-17/h5-11,14,22H,12-13,15H2,1-4H3. The molecule has 1 aliphatic heterocycles. The van der Waals surface area contributed by atoms with Crippen LogP contribution in [0.15, 0.2) is 48.5 Å². The molecule has 2 aromatic carbocycles. The van der Waals surface area contributed by atoms with Crippen LogP contribution in [-0.2, 0) is 10.2 Å². The number of thioether (sulfide) groups is 1. The van der Waals surface area contributed by atoms with E-state index in [0.29, 0.717) is 24.4 Å². The average molecular weight is 415 g/mol. The summed E-state index contributed by atoms with van der Waals surface area (Å²) < 4.78 is 13.4. The molecule has 2 aromatic rings. The molecular weight excluding hydrogens is 387 g/mol. The highest BCUT2D eigenvalue weighted by Gasteiger charge is 2.33. The van der Waals surface area contributed by atoms with E-state index in [-0.39, 0.29) is 22.6 Å². The van der Waals surface area contributed by atoms with E-state index in [4.69, 9.17) is 0 Å². The Labute approximate surface area is 176 Å². The Bertz CT molecular complexity index is 892. The summed E-state index contributed by atoms with van der Waals surface area (Å²) in [5.74, 6) is -0.178. The predicted molar refractivity (Wildman–Crippen MR) is 115 cm³/mol. The van der Waals surface area contributed by atoms with Crippen molar-refractivity contribution in [3.05, 3.63) is 71.0 Å². The van der Waals surface area contributed by atoms with Gasteiger partial charge in [-0.1, -0.05) is 51.1 Å². The lowest BCUT2D eigenvalue weighted by atomic mass is 9.87. The second kappa shape index (κ2) is 8.57. The first kappa shape index (κ1) is 21.4. The average Bonchev–Trinajstić information content (AvgIpc) is 3.05. The van der Waals surface area contributed by atoms with E-state index >= 15 is 0 Å². The van der Waals surface area contributed by atoms with Crippen LogP contribution in [-0.4, -0.2) is 47.5 Å². The van der Waals surface area contributed by atoms with Crippen molar-refractivity contribution in [2.75, 3.05) is 25.9 Å². The monoisotopic (exact) mass is 414 g/mol. The number of hydrogen-bond donors (Lipinski definition) is 0. The number of halogens is 1. The molecule has 0 aliphatic carbocycles. The van der Waals surface area contributed by atoms with Crippen LogP contribution >= 0.6 is 11.8 Å². The molecule has 6 heteroatoms. The second-order valence-corrected chi connectivity index (χ2v) is 9.43. The zero-order valence-corrected chi connectivity index (χ0v) is 18.1. The Kier molecular flexibility index (Phi) is 6.32. The van der Waals surface area contributed by atoms with Gasteiger partial charge in [-0.2, -0.15) is 0 Å². The van der Waals surface area contributed by atoms with Crippen molar-refractivity contribution in [1.82, 2.24) is 9.80 Å². The highest BCUT2D eigenvalue weighted by Crippen LogP contribution is 2.39. The van der Waals surface area contributed by atoms with Crippen LogP contribution in [0.3, 0.4) is 0 Å². The van der Waals surface area contributed by atoms with Crippen molar-refractivity contribution in [3.8, 4) is 0 Å². The van der Waals surface area contributed by atoms with Gasteiger partial charge in [0.25, 0.3) is 5.91 Å². The minimum Gasteiger partial charge on any atom is -0.340 e. The van der Waals surface area contributed by atoms with Gasteiger partial charge in [-0.3, -0.25) is 9.59 Å². The molecule has 0 N–H and O–H groups in total. The molecule has 29 heavy (non-hydrogen) atoms. The second-order valence-electron chi connectivity index (χ2n) is 8.36. The molecule has 2 amide bonds. The summed E-state index contributed by atoms with van der Waals surface area (Å²) >= 11 is 1.61. The number of benzene rings is 2. The topological polar surface area (TPSA) is 40.6 Å². The molecular formula is C23H27FN2O2S. The molecule has 3 rings (SSSR count). The summed E-state index contributed by atoms with van der Waals surface area (Å²) in [5, 5.41) is -0.0470. The molecule has 1 saturated heterocycles. The van der Waals surface area contributed by atoms with Crippen molar-refractivity contribution < 1.29 is 14.0 Å². The quantitative estimate of drug-likeness (QED) is 0.725. The third-order valence-electron chi connectivity index (χ3n) is 5.12. The fraction of sp³-hybridized carbons (Fsp3) is 0.391. The molecule has 0 saturated carbocycles. The summed E-state index contributed by atoms with van der Waals surface area (Å²) in [6.45, 7) is 7.35.